The van der Waals surface area contributed by atoms with Gasteiger partial charge in [0.2, 0.25) is 0 Å². The molecule has 0 unspecified atom stereocenters. The number of hydrogen-bond acceptors (Lipinski definition) is 3. The molecule has 1 saturated carbocycles. The van der Waals surface area contributed by atoms with E-state index in [1.165, 1.54) is 6.07 Å². The highest BCUT2D eigenvalue weighted by Gasteiger charge is 2.47. The normalized spacial score (nSPS) is 23.4. The second kappa shape index (κ2) is 4.30. The van der Waals surface area contributed by atoms with Crippen molar-refractivity contribution >= 4 is 0 Å². The van der Waals surface area contributed by atoms with Crippen molar-refractivity contribution in [2.45, 2.75) is 18.4 Å². The zero-order valence-corrected chi connectivity index (χ0v) is 10.3. The second-order valence-electron chi connectivity index (χ2n) is 5.60. The van der Waals surface area contributed by atoms with Crippen LogP contribution in [0.4, 0.5) is 4.39 Å². The molecule has 3 rings (SSSR count). The smallest absolute Gasteiger partial charge is 0.123 e. The Morgan fingerprint density at radius 1 is 1.33 bits per heavy atom. The topological polar surface area (TPSA) is 41.5 Å². The van der Waals surface area contributed by atoms with Gasteiger partial charge in [0, 0.05) is 12.1 Å². The summed E-state index contributed by atoms with van der Waals surface area (Å²) in [5, 5.41) is 12.9. The van der Waals surface area contributed by atoms with Crippen LogP contribution in [0, 0.1) is 11.2 Å². The van der Waals surface area contributed by atoms with E-state index in [0.717, 1.165) is 24.9 Å². The third-order valence-electron chi connectivity index (χ3n) is 4.08. The van der Waals surface area contributed by atoms with Crippen molar-refractivity contribution in [3.63, 3.8) is 0 Å². The molecule has 0 spiro atoms. The van der Waals surface area contributed by atoms with E-state index >= 15 is 0 Å². The Kier molecular flexibility index (Phi) is 2.88. The highest BCUT2D eigenvalue weighted by molar-refractivity contribution is 5.30. The Labute approximate surface area is 106 Å². The van der Waals surface area contributed by atoms with Crippen molar-refractivity contribution in [1.82, 2.24) is 5.32 Å². The monoisotopic (exact) mass is 251 g/mol. The Morgan fingerprint density at radius 3 is 2.61 bits per heavy atom. The molecule has 1 heterocycles. The minimum absolute atomic E-state index is 0.0835. The summed E-state index contributed by atoms with van der Waals surface area (Å²) in [6.07, 6.45) is 2.05. The molecular weight excluding hydrogens is 233 g/mol. The zero-order chi connectivity index (χ0) is 12.6. The fourth-order valence-corrected chi connectivity index (χ4v) is 2.48. The first kappa shape index (κ1) is 12.1. The van der Waals surface area contributed by atoms with Gasteiger partial charge < -0.3 is 15.2 Å². The Morgan fingerprint density at radius 2 is 2.11 bits per heavy atom. The van der Waals surface area contributed by atoms with Gasteiger partial charge >= 0.3 is 0 Å². The summed E-state index contributed by atoms with van der Waals surface area (Å²) in [5.74, 6) is -0.190. The summed E-state index contributed by atoms with van der Waals surface area (Å²) >= 11 is 0. The predicted octanol–water partition coefficient (Wildman–Crippen LogP) is 1.41. The van der Waals surface area contributed by atoms with Gasteiger partial charge in [-0.15, -0.1) is 0 Å². The standard InChI is InChI=1S/C14H18FNO2/c15-12-3-1-2-11(6-12)14(4-5-14)16-7-13(8-17)9-18-10-13/h1-3,6,16-17H,4-5,7-10H2. The van der Waals surface area contributed by atoms with Crippen LogP contribution in [0.3, 0.4) is 0 Å². The zero-order valence-electron chi connectivity index (χ0n) is 10.3. The van der Waals surface area contributed by atoms with Gasteiger partial charge in [-0.1, -0.05) is 12.1 Å². The van der Waals surface area contributed by atoms with Crippen LogP contribution in [-0.4, -0.2) is 31.5 Å². The molecule has 0 aromatic heterocycles. The van der Waals surface area contributed by atoms with Crippen LogP contribution in [-0.2, 0) is 10.3 Å². The Bertz CT molecular complexity index is 436. The molecule has 1 saturated heterocycles. The summed E-state index contributed by atoms with van der Waals surface area (Å²) in [5.41, 5.74) is 0.791. The number of benzene rings is 1. The third-order valence-corrected chi connectivity index (χ3v) is 4.08. The molecule has 98 valence electrons. The summed E-state index contributed by atoms with van der Waals surface area (Å²) in [7, 11) is 0. The fourth-order valence-electron chi connectivity index (χ4n) is 2.48. The van der Waals surface area contributed by atoms with Crippen LogP contribution < -0.4 is 5.32 Å². The minimum atomic E-state index is -0.190. The first-order valence-corrected chi connectivity index (χ1v) is 6.38. The highest BCUT2D eigenvalue weighted by Crippen LogP contribution is 2.46. The number of ether oxygens (including phenoxy) is 1. The van der Waals surface area contributed by atoms with E-state index in [1.807, 2.05) is 6.07 Å². The van der Waals surface area contributed by atoms with E-state index < -0.39 is 0 Å². The lowest BCUT2D eigenvalue weighted by atomic mass is 9.86. The largest absolute Gasteiger partial charge is 0.396 e. The molecule has 0 radical (unpaired) electrons. The Balaban J connectivity index is 1.68. The van der Waals surface area contributed by atoms with Crippen molar-refractivity contribution in [3.8, 4) is 0 Å². The lowest BCUT2D eigenvalue weighted by Crippen LogP contribution is -2.54. The lowest BCUT2D eigenvalue weighted by Gasteiger charge is -2.41. The molecule has 0 amide bonds. The number of aliphatic hydroxyl groups excluding tert-OH is 1. The van der Waals surface area contributed by atoms with Gasteiger partial charge in [0.25, 0.3) is 0 Å². The maximum absolute atomic E-state index is 13.3. The van der Waals surface area contributed by atoms with Crippen LogP contribution in [0.1, 0.15) is 18.4 Å². The summed E-state index contributed by atoms with van der Waals surface area (Å²) in [6.45, 7) is 2.07. The fraction of sp³-hybridized carbons (Fsp3) is 0.571. The number of halogens is 1. The SMILES string of the molecule is OCC1(CNC2(c3cccc(F)c3)CC2)COC1. The predicted molar refractivity (Wildman–Crippen MR) is 65.7 cm³/mol. The number of hydrogen-bond donors (Lipinski definition) is 2. The molecule has 0 bridgehead atoms. The molecule has 18 heavy (non-hydrogen) atoms. The van der Waals surface area contributed by atoms with Gasteiger partial charge in [0.15, 0.2) is 0 Å². The second-order valence-corrected chi connectivity index (χ2v) is 5.60. The number of nitrogens with one attached hydrogen (secondary N) is 1. The van der Waals surface area contributed by atoms with Crippen molar-refractivity contribution in [2.75, 3.05) is 26.4 Å². The first-order chi connectivity index (χ1) is 8.68. The van der Waals surface area contributed by atoms with Crippen LogP contribution >= 0.6 is 0 Å². The number of aliphatic hydroxyl groups is 1. The van der Waals surface area contributed by atoms with Crippen molar-refractivity contribution in [2.24, 2.45) is 5.41 Å². The van der Waals surface area contributed by atoms with E-state index in [1.54, 1.807) is 12.1 Å². The van der Waals surface area contributed by atoms with Crippen molar-refractivity contribution in [1.29, 1.82) is 0 Å². The molecule has 1 aromatic carbocycles. The van der Waals surface area contributed by atoms with Gasteiger partial charge in [-0.3, -0.25) is 0 Å². The molecule has 4 heteroatoms. The third kappa shape index (κ3) is 2.05. The Hall–Kier alpha value is -0.970. The van der Waals surface area contributed by atoms with E-state index in [9.17, 15) is 9.50 Å². The summed E-state index contributed by atoms with van der Waals surface area (Å²) < 4.78 is 18.4. The quantitative estimate of drug-likeness (QED) is 0.831. The minimum Gasteiger partial charge on any atom is -0.396 e. The van der Waals surface area contributed by atoms with Crippen LogP contribution in [0.15, 0.2) is 24.3 Å². The summed E-state index contributed by atoms with van der Waals surface area (Å²) in [6, 6.07) is 6.78. The molecule has 2 fully saturated rings. The van der Waals surface area contributed by atoms with Crippen molar-refractivity contribution in [3.05, 3.63) is 35.6 Å². The van der Waals surface area contributed by atoms with Crippen LogP contribution in [0.25, 0.3) is 0 Å². The molecule has 1 aromatic rings. The van der Waals surface area contributed by atoms with Crippen LogP contribution in [0.5, 0.6) is 0 Å². The van der Waals surface area contributed by atoms with Crippen molar-refractivity contribution < 1.29 is 14.2 Å². The van der Waals surface area contributed by atoms with Gasteiger partial charge in [-0.05, 0) is 30.5 Å². The van der Waals surface area contributed by atoms with E-state index in [4.69, 9.17) is 4.74 Å². The first-order valence-electron chi connectivity index (χ1n) is 6.38. The number of rotatable bonds is 5. The van der Waals surface area contributed by atoms with Crippen LogP contribution in [0.2, 0.25) is 0 Å². The molecule has 1 aliphatic heterocycles. The lowest BCUT2D eigenvalue weighted by molar-refractivity contribution is -0.135. The van der Waals surface area contributed by atoms with E-state index in [-0.39, 0.29) is 23.4 Å². The van der Waals surface area contributed by atoms with Gasteiger partial charge in [0.05, 0.1) is 25.2 Å². The van der Waals surface area contributed by atoms with Gasteiger partial charge in [0.1, 0.15) is 5.82 Å². The maximum Gasteiger partial charge on any atom is 0.123 e. The highest BCUT2D eigenvalue weighted by atomic mass is 19.1. The molecule has 3 nitrogen and oxygen atoms in total. The van der Waals surface area contributed by atoms with Gasteiger partial charge in [-0.25, -0.2) is 4.39 Å². The average Bonchev–Trinajstić information content (AvgIpc) is 3.09. The van der Waals surface area contributed by atoms with Gasteiger partial charge in [-0.2, -0.15) is 0 Å². The molecule has 2 aliphatic rings. The summed E-state index contributed by atoms with van der Waals surface area (Å²) in [4.78, 5) is 0. The molecule has 1 aliphatic carbocycles. The molecule has 0 atom stereocenters. The molecular formula is C14H18FNO2. The molecule has 2 N–H and O–H groups in total. The van der Waals surface area contributed by atoms with E-state index in [2.05, 4.69) is 5.32 Å². The maximum atomic E-state index is 13.3. The van der Waals surface area contributed by atoms with E-state index in [0.29, 0.717) is 13.2 Å². The average molecular weight is 251 g/mol.